The van der Waals surface area contributed by atoms with Crippen LogP contribution in [-0.4, -0.2) is 23.7 Å². The zero-order valence-corrected chi connectivity index (χ0v) is 16.3. The molecule has 0 aliphatic rings. The van der Waals surface area contributed by atoms with Gasteiger partial charge in [0, 0.05) is 16.3 Å². The van der Waals surface area contributed by atoms with E-state index < -0.39 is 5.63 Å². The van der Waals surface area contributed by atoms with Crippen molar-refractivity contribution in [2.45, 2.75) is 47.1 Å². The van der Waals surface area contributed by atoms with Crippen LogP contribution in [0.25, 0.3) is 21.9 Å². The Bertz CT molecular complexity index is 1070. The summed E-state index contributed by atoms with van der Waals surface area (Å²) in [6, 6.07) is 1.60. The van der Waals surface area contributed by atoms with Gasteiger partial charge in [-0.25, -0.2) is 4.79 Å². The average Bonchev–Trinajstić information content (AvgIpc) is 2.99. The number of aliphatic hydroxyl groups is 1. The number of fused-ring (bicyclic) bond motifs is 2. The zero-order valence-electron chi connectivity index (χ0n) is 16.3. The third-order valence-corrected chi connectivity index (χ3v) is 5.22. The van der Waals surface area contributed by atoms with Gasteiger partial charge in [-0.2, -0.15) is 0 Å². The Balaban J connectivity index is 2.06. The van der Waals surface area contributed by atoms with Crippen molar-refractivity contribution < 1.29 is 18.7 Å². The van der Waals surface area contributed by atoms with E-state index in [1.807, 2.05) is 40.7 Å². The number of rotatable bonds is 5. The molecular weight excluding hydrogens is 346 g/mol. The highest BCUT2D eigenvalue weighted by Crippen LogP contribution is 2.32. The van der Waals surface area contributed by atoms with Crippen molar-refractivity contribution in [2.75, 3.05) is 6.61 Å². The number of amides is 1. The predicted molar refractivity (Wildman–Crippen MR) is 104 cm³/mol. The Morgan fingerprint density at radius 1 is 1.15 bits per heavy atom. The van der Waals surface area contributed by atoms with Gasteiger partial charge >= 0.3 is 5.63 Å². The Kier molecular flexibility index (Phi) is 5.11. The first-order chi connectivity index (χ1) is 12.7. The van der Waals surface area contributed by atoms with Gasteiger partial charge in [0.15, 0.2) is 0 Å². The largest absolute Gasteiger partial charge is 0.464 e. The minimum Gasteiger partial charge on any atom is -0.464 e. The number of furan rings is 1. The van der Waals surface area contributed by atoms with Gasteiger partial charge in [-0.05, 0) is 43.9 Å². The van der Waals surface area contributed by atoms with Crippen LogP contribution in [0.2, 0.25) is 0 Å². The molecule has 6 nitrogen and oxygen atoms in total. The van der Waals surface area contributed by atoms with Crippen molar-refractivity contribution in [3.05, 3.63) is 45.0 Å². The lowest BCUT2D eigenvalue weighted by Gasteiger charge is -2.20. The van der Waals surface area contributed by atoms with Crippen LogP contribution in [0, 0.1) is 26.7 Å². The van der Waals surface area contributed by atoms with Gasteiger partial charge in [-0.15, -0.1) is 0 Å². The fourth-order valence-electron chi connectivity index (χ4n) is 3.36. The summed E-state index contributed by atoms with van der Waals surface area (Å²) < 4.78 is 11.1. The van der Waals surface area contributed by atoms with E-state index in [4.69, 9.17) is 8.83 Å². The second-order valence-corrected chi connectivity index (χ2v) is 7.44. The fourth-order valence-corrected chi connectivity index (χ4v) is 3.36. The molecular formula is C21H25NO5. The number of benzene rings is 1. The lowest BCUT2D eigenvalue weighted by atomic mass is 9.98. The highest BCUT2D eigenvalue weighted by molar-refractivity contribution is 6.00. The Labute approximate surface area is 157 Å². The normalized spacial score (nSPS) is 12.9. The van der Waals surface area contributed by atoms with E-state index in [0.29, 0.717) is 16.7 Å². The maximum absolute atomic E-state index is 12.5. The standard InChI is InChI=1S/C21H25NO5/c1-10(2)17(8-23)22-18(24)7-16-12(4)15-6-14-11(3)9-26-19(14)13(5)20(15)27-21(16)25/h6,9-10,17,23H,7-8H2,1-5H3,(H,22,24)/t17-/m1/s1. The summed E-state index contributed by atoms with van der Waals surface area (Å²) >= 11 is 0. The predicted octanol–water partition coefficient (Wildman–Crippen LogP) is 3.14. The molecule has 0 bridgehead atoms. The Morgan fingerprint density at radius 3 is 2.48 bits per heavy atom. The number of nitrogens with one attached hydrogen (secondary N) is 1. The molecule has 0 spiro atoms. The van der Waals surface area contributed by atoms with E-state index in [0.717, 1.165) is 27.5 Å². The van der Waals surface area contributed by atoms with Gasteiger partial charge in [0.25, 0.3) is 0 Å². The summed E-state index contributed by atoms with van der Waals surface area (Å²) in [5.41, 5.74) is 3.50. The summed E-state index contributed by atoms with van der Waals surface area (Å²) in [7, 11) is 0. The van der Waals surface area contributed by atoms with Crippen LogP contribution in [0.1, 0.15) is 36.1 Å². The first kappa shape index (κ1) is 19.2. The molecule has 3 aromatic rings. The van der Waals surface area contributed by atoms with Gasteiger partial charge in [0.2, 0.25) is 5.91 Å². The van der Waals surface area contributed by atoms with Crippen LogP contribution in [0.15, 0.2) is 26.0 Å². The molecule has 2 N–H and O–H groups in total. The summed E-state index contributed by atoms with van der Waals surface area (Å²) in [6.45, 7) is 9.33. The minimum atomic E-state index is -0.522. The van der Waals surface area contributed by atoms with E-state index in [2.05, 4.69) is 5.32 Å². The fraction of sp³-hybridized carbons (Fsp3) is 0.429. The molecule has 6 heteroatoms. The number of carbonyl (C=O) groups excluding carboxylic acids is 1. The van der Waals surface area contributed by atoms with Crippen LogP contribution >= 0.6 is 0 Å². The first-order valence-corrected chi connectivity index (χ1v) is 9.08. The molecule has 1 amide bonds. The summed E-state index contributed by atoms with van der Waals surface area (Å²) in [6.07, 6.45) is 1.59. The molecule has 0 saturated heterocycles. The van der Waals surface area contributed by atoms with E-state index in [1.54, 1.807) is 6.26 Å². The monoisotopic (exact) mass is 371 g/mol. The van der Waals surface area contributed by atoms with Crippen LogP contribution in [0.4, 0.5) is 0 Å². The second-order valence-electron chi connectivity index (χ2n) is 7.44. The van der Waals surface area contributed by atoms with Crippen molar-refractivity contribution in [3.63, 3.8) is 0 Å². The molecule has 0 saturated carbocycles. The molecule has 3 rings (SSSR count). The van der Waals surface area contributed by atoms with Gasteiger partial charge in [-0.3, -0.25) is 4.79 Å². The Hall–Kier alpha value is -2.60. The third-order valence-electron chi connectivity index (χ3n) is 5.22. The smallest absolute Gasteiger partial charge is 0.340 e. The highest BCUT2D eigenvalue weighted by atomic mass is 16.4. The summed E-state index contributed by atoms with van der Waals surface area (Å²) in [4.78, 5) is 24.9. The van der Waals surface area contributed by atoms with Crippen molar-refractivity contribution in [3.8, 4) is 0 Å². The molecule has 1 atom stereocenters. The molecule has 2 heterocycles. The molecule has 27 heavy (non-hydrogen) atoms. The van der Waals surface area contributed by atoms with Gasteiger partial charge in [0.05, 0.1) is 30.9 Å². The maximum atomic E-state index is 12.5. The molecule has 2 aromatic heterocycles. The number of carbonyl (C=O) groups is 1. The minimum absolute atomic E-state index is 0.0885. The van der Waals surface area contributed by atoms with Gasteiger partial charge in [0.1, 0.15) is 11.2 Å². The van der Waals surface area contributed by atoms with Crippen LogP contribution in [-0.2, 0) is 11.2 Å². The van der Waals surface area contributed by atoms with E-state index >= 15 is 0 Å². The molecule has 0 aliphatic heterocycles. The van der Waals surface area contributed by atoms with Gasteiger partial charge in [-0.1, -0.05) is 13.8 Å². The van der Waals surface area contributed by atoms with Crippen LogP contribution in [0.5, 0.6) is 0 Å². The molecule has 1 aromatic carbocycles. The van der Waals surface area contributed by atoms with E-state index in [1.165, 1.54) is 0 Å². The average molecular weight is 371 g/mol. The second kappa shape index (κ2) is 7.19. The van der Waals surface area contributed by atoms with Crippen LogP contribution < -0.4 is 10.9 Å². The molecule has 144 valence electrons. The Morgan fingerprint density at radius 2 is 1.85 bits per heavy atom. The quantitative estimate of drug-likeness (QED) is 0.672. The van der Waals surface area contributed by atoms with E-state index in [-0.39, 0.29) is 30.9 Å². The van der Waals surface area contributed by atoms with Crippen molar-refractivity contribution in [2.24, 2.45) is 5.92 Å². The molecule has 0 radical (unpaired) electrons. The summed E-state index contributed by atoms with van der Waals surface area (Å²) in [5, 5.41) is 13.9. The maximum Gasteiger partial charge on any atom is 0.340 e. The number of aryl methyl sites for hydroxylation is 3. The van der Waals surface area contributed by atoms with Crippen LogP contribution in [0.3, 0.4) is 0 Å². The number of hydrogen-bond donors (Lipinski definition) is 2. The lowest BCUT2D eigenvalue weighted by molar-refractivity contribution is -0.121. The van der Waals surface area contributed by atoms with Crippen molar-refractivity contribution >= 4 is 27.8 Å². The zero-order chi connectivity index (χ0) is 19.9. The molecule has 0 fully saturated rings. The summed E-state index contributed by atoms with van der Waals surface area (Å²) in [5.74, 6) is -0.220. The first-order valence-electron chi connectivity index (χ1n) is 9.08. The number of aliphatic hydroxyl groups excluding tert-OH is 1. The van der Waals surface area contributed by atoms with E-state index in [9.17, 15) is 14.7 Å². The highest BCUT2D eigenvalue weighted by Gasteiger charge is 2.21. The SMILES string of the molecule is Cc1coc2c(C)c3oc(=O)c(CC(=O)N[C@H](CO)C(C)C)c(C)c3cc12. The van der Waals surface area contributed by atoms with Gasteiger partial charge < -0.3 is 19.3 Å². The molecule has 0 aliphatic carbocycles. The topological polar surface area (TPSA) is 92.7 Å². The van der Waals surface area contributed by atoms with Crippen molar-refractivity contribution in [1.82, 2.24) is 5.32 Å². The third kappa shape index (κ3) is 3.37. The molecule has 0 unspecified atom stereocenters. The van der Waals surface area contributed by atoms with Crippen molar-refractivity contribution in [1.29, 1.82) is 0 Å². The lowest BCUT2D eigenvalue weighted by Crippen LogP contribution is -2.42. The number of hydrogen-bond acceptors (Lipinski definition) is 5.